The Hall–Kier alpha value is -2.66. The smallest absolute Gasteiger partial charge is 0.323 e. The molecule has 0 saturated carbocycles. The van der Waals surface area contributed by atoms with E-state index in [1.807, 2.05) is 19.1 Å². The molecule has 4 N–H and O–H groups in total. The van der Waals surface area contributed by atoms with E-state index in [1.54, 1.807) is 34.6 Å². The second-order valence-corrected chi connectivity index (χ2v) is 10.5. The SMILES string of the molecule is Cc1ccc(S(=O)(=O)N2CCC(CNC[C@@H](O)COc3cccc4[nH]c(=O)[nH]c34)CC2)cc1. The van der Waals surface area contributed by atoms with E-state index in [9.17, 15) is 18.3 Å². The highest BCUT2D eigenvalue weighted by molar-refractivity contribution is 7.89. The van der Waals surface area contributed by atoms with Crippen molar-refractivity contribution in [3.8, 4) is 5.75 Å². The summed E-state index contributed by atoms with van der Waals surface area (Å²) in [6.45, 7) is 4.08. The number of aromatic amines is 2. The molecule has 0 bridgehead atoms. The van der Waals surface area contributed by atoms with Gasteiger partial charge >= 0.3 is 5.69 Å². The number of para-hydroxylation sites is 1. The van der Waals surface area contributed by atoms with Crippen molar-refractivity contribution in [3.05, 3.63) is 58.5 Å². The van der Waals surface area contributed by atoms with E-state index < -0.39 is 16.1 Å². The Labute approximate surface area is 192 Å². The number of nitrogens with one attached hydrogen (secondary N) is 3. The zero-order chi connectivity index (χ0) is 23.4. The Bertz CT molecular complexity index is 1230. The van der Waals surface area contributed by atoms with Crippen LogP contribution in [0.1, 0.15) is 18.4 Å². The average molecular weight is 475 g/mol. The molecule has 1 saturated heterocycles. The number of rotatable bonds is 9. The third kappa shape index (κ3) is 5.64. The highest BCUT2D eigenvalue weighted by Gasteiger charge is 2.29. The third-order valence-electron chi connectivity index (χ3n) is 5.99. The van der Waals surface area contributed by atoms with Crippen molar-refractivity contribution >= 4 is 21.1 Å². The van der Waals surface area contributed by atoms with Gasteiger partial charge in [-0.25, -0.2) is 13.2 Å². The van der Waals surface area contributed by atoms with Gasteiger partial charge in [0, 0.05) is 19.6 Å². The first-order valence-electron chi connectivity index (χ1n) is 11.1. The Morgan fingerprint density at radius 2 is 1.88 bits per heavy atom. The van der Waals surface area contributed by atoms with Crippen molar-refractivity contribution in [2.75, 3.05) is 32.8 Å². The van der Waals surface area contributed by atoms with Crippen molar-refractivity contribution in [2.45, 2.75) is 30.8 Å². The predicted molar refractivity (Wildman–Crippen MR) is 126 cm³/mol. The van der Waals surface area contributed by atoms with E-state index in [0.29, 0.717) is 53.8 Å². The summed E-state index contributed by atoms with van der Waals surface area (Å²) in [7, 11) is -3.45. The monoisotopic (exact) mass is 474 g/mol. The molecule has 3 aromatic rings. The molecule has 33 heavy (non-hydrogen) atoms. The van der Waals surface area contributed by atoms with E-state index in [1.165, 1.54) is 0 Å². The fourth-order valence-corrected chi connectivity index (χ4v) is 5.53. The fourth-order valence-electron chi connectivity index (χ4n) is 4.06. The summed E-state index contributed by atoms with van der Waals surface area (Å²) >= 11 is 0. The van der Waals surface area contributed by atoms with Gasteiger partial charge in [0.25, 0.3) is 0 Å². The van der Waals surface area contributed by atoms with Gasteiger partial charge < -0.3 is 25.1 Å². The Balaban J connectivity index is 1.19. The summed E-state index contributed by atoms with van der Waals surface area (Å²) < 4.78 is 32.9. The van der Waals surface area contributed by atoms with Gasteiger partial charge in [0.1, 0.15) is 24.0 Å². The summed E-state index contributed by atoms with van der Waals surface area (Å²) in [6.07, 6.45) is 0.828. The van der Waals surface area contributed by atoms with Crippen LogP contribution in [0.4, 0.5) is 0 Å². The van der Waals surface area contributed by atoms with Crippen LogP contribution in [-0.4, -0.2) is 66.7 Å². The van der Waals surface area contributed by atoms with Gasteiger partial charge in [-0.05, 0) is 56.5 Å². The maximum atomic E-state index is 12.8. The summed E-state index contributed by atoms with van der Waals surface area (Å²) in [6, 6.07) is 12.2. The Morgan fingerprint density at radius 1 is 1.15 bits per heavy atom. The highest BCUT2D eigenvalue weighted by Crippen LogP contribution is 2.24. The molecule has 1 aromatic heterocycles. The molecule has 0 aliphatic carbocycles. The van der Waals surface area contributed by atoms with Crippen LogP contribution in [0.5, 0.6) is 5.75 Å². The zero-order valence-electron chi connectivity index (χ0n) is 18.6. The summed E-state index contributed by atoms with van der Waals surface area (Å²) in [5.41, 5.74) is 1.96. The maximum absolute atomic E-state index is 12.8. The van der Waals surface area contributed by atoms with Gasteiger partial charge in [0.15, 0.2) is 0 Å². The van der Waals surface area contributed by atoms with Crippen LogP contribution in [0, 0.1) is 12.8 Å². The molecule has 2 aromatic carbocycles. The second kappa shape index (κ2) is 10.1. The van der Waals surface area contributed by atoms with Gasteiger partial charge in [-0.1, -0.05) is 23.8 Å². The molecule has 0 unspecified atom stereocenters. The number of aryl methyl sites for hydroxylation is 1. The predicted octanol–water partition coefficient (Wildman–Crippen LogP) is 1.59. The molecular formula is C23H30N4O5S. The first kappa shape index (κ1) is 23.5. The Morgan fingerprint density at radius 3 is 2.61 bits per heavy atom. The number of nitrogens with zero attached hydrogens (tertiary/aromatic N) is 1. The van der Waals surface area contributed by atoms with Crippen molar-refractivity contribution in [2.24, 2.45) is 5.92 Å². The van der Waals surface area contributed by atoms with Crippen LogP contribution in [-0.2, 0) is 10.0 Å². The lowest BCUT2D eigenvalue weighted by atomic mass is 9.98. The van der Waals surface area contributed by atoms with Gasteiger partial charge in [-0.15, -0.1) is 0 Å². The average Bonchev–Trinajstić information content (AvgIpc) is 3.19. The van der Waals surface area contributed by atoms with Crippen LogP contribution < -0.4 is 15.7 Å². The minimum absolute atomic E-state index is 0.0898. The van der Waals surface area contributed by atoms with Gasteiger partial charge in [0.05, 0.1) is 10.4 Å². The van der Waals surface area contributed by atoms with Crippen molar-refractivity contribution in [1.29, 1.82) is 0 Å². The topological polar surface area (TPSA) is 128 Å². The molecule has 0 spiro atoms. The van der Waals surface area contributed by atoms with Crippen molar-refractivity contribution in [3.63, 3.8) is 0 Å². The lowest BCUT2D eigenvalue weighted by molar-refractivity contribution is 0.105. The number of sulfonamides is 1. The molecular weight excluding hydrogens is 444 g/mol. The van der Waals surface area contributed by atoms with Crippen LogP contribution in [0.15, 0.2) is 52.2 Å². The standard InChI is InChI=1S/C23H30N4O5S/c1-16-5-7-19(8-6-16)33(30,31)27-11-9-17(10-12-27)13-24-14-18(28)15-32-21-4-2-3-20-22(21)26-23(29)25-20/h2-8,17-18,24,28H,9-15H2,1H3,(H2,25,26,29)/t18-/m1/s1. The van der Waals surface area contributed by atoms with Gasteiger partial charge in [0.2, 0.25) is 10.0 Å². The van der Waals surface area contributed by atoms with Crippen LogP contribution in [0.25, 0.3) is 11.0 Å². The minimum Gasteiger partial charge on any atom is -0.489 e. The molecule has 0 amide bonds. The lowest BCUT2D eigenvalue weighted by Crippen LogP contribution is -2.42. The summed E-state index contributed by atoms with van der Waals surface area (Å²) in [4.78, 5) is 17.2. The number of benzene rings is 2. The van der Waals surface area contributed by atoms with E-state index in [0.717, 1.165) is 18.4 Å². The van der Waals surface area contributed by atoms with Crippen LogP contribution in [0.2, 0.25) is 0 Å². The van der Waals surface area contributed by atoms with Crippen molar-refractivity contribution < 1.29 is 18.3 Å². The third-order valence-corrected chi connectivity index (χ3v) is 7.90. The van der Waals surface area contributed by atoms with Crippen LogP contribution >= 0.6 is 0 Å². The van der Waals surface area contributed by atoms with Gasteiger partial charge in [-0.3, -0.25) is 0 Å². The number of aliphatic hydroxyl groups excluding tert-OH is 1. The zero-order valence-corrected chi connectivity index (χ0v) is 19.4. The molecule has 4 rings (SSSR count). The van der Waals surface area contributed by atoms with E-state index in [4.69, 9.17) is 4.74 Å². The quantitative estimate of drug-likeness (QED) is 0.373. The highest BCUT2D eigenvalue weighted by atomic mass is 32.2. The molecule has 9 nitrogen and oxygen atoms in total. The molecule has 178 valence electrons. The molecule has 0 radical (unpaired) electrons. The number of hydrogen-bond donors (Lipinski definition) is 4. The molecule has 1 fully saturated rings. The van der Waals surface area contributed by atoms with Crippen molar-refractivity contribution in [1.82, 2.24) is 19.6 Å². The number of aliphatic hydroxyl groups is 1. The number of imidazole rings is 1. The lowest BCUT2D eigenvalue weighted by Gasteiger charge is -2.31. The maximum Gasteiger partial charge on any atom is 0.323 e. The number of ether oxygens (including phenoxy) is 1. The van der Waals surface area contributed by atoms with E-state index in [-0.39, 0.29) is 12.3 Å². The molecule has 1 atom stereocenters. The molecule has 2 heterocycles. The number of hydrogen-bond acceptors (Lipinski definition) is 6. The summed E-state index contributed by atoms with van der Waals surface area (Å²) in [5, 5.41) is 13.5. The fraction of sp³-hybridized carbons (Fsp3) is 0.435. The first-order chi connectivity index (χ1) is 15.8. The van der Waals surface area contributed by atoms with Gasteiger partial charge in [-0.2, -0.15) is 4.31 Å². The number of aromatic nitrogens is 2. The normalized spacial score (nSPS) is 16.8. The Kier molecular flexibility index (Phi) is 7.18. The van der Waals surface area contributed by atoms with E-state index in [2.05, 4.69) is 15.3 Å². The molecule has 1 aliphatic heterocycles. The number of fused-ring (bicyclic) bond motifs is 1. The van der Waals surface area contributed by atoms with Crippen LogP contribution in [0.3, 0.4) is 0 Å². The first-order valence-corrected chi connectivity index (χ1v) is 12.6. The van der Waals surface area contributed by atoms with E-state index >= 15 is 0 Å². The number of piperidine rings is 1. The molecule has 10 heteroatoms. The minimum atomic E-state index is -3.45. The molecule has 1 aliphatic rings. The largest absolute Gasteiger partial charge is 0.489 e. The summed E-state index contributed by atoms with van der Waals surface area (Å²) in [5.74, 6) is 0.855. The second-order valence-electron chi connectivity index (χ2n) is 8.54. The number of H-pyrrole nitrogens is 2.